The Morgan fingerprint density at radius 1 is 1.38 bits per heavy atom. The monoisotopic (exact) mass is 182 g/mol. The Bertz CT molecular complexity index is 232. The van der Waals surface area contributed by atoms with Crippen LogP contribution in [0.4, 0.5) is 0 Å². The maximum atomic E-state index is 11.9. The first-order chi connectivity index (χ1) is 6.03. The standard InChI is InChI=1S/C11H18O2/c1-7-4-8-5-13-6-9(10(8)12)11(7,2)3/h7-9H,4-6H2,1-3H3. The van der Waals surface area contributed by atoms with Crippen LogP contribution in [0.3, 0.4) is 0 Å². The summed E-state index contributed by atoms with van der Waals surface area (Å²) in [5, 5.41) is 0. The van der Waals surface area contributed by atoms with Gasteiger partial charge in [0.1, 0.15) is 5.78 Å². The van der Waals surface area contributed by atoms with Crippen molar-refractivity contribution in [2.24, 2.45) is 23.2 Å². The Morgan fingerprint density at radius 2 is 2.08 bits per heavy atom. The SMILES string of the molecule is CC1CC2COCC(C2=O)C1(C)C. The first-order valence-corrected chi connectivity index (χ1v) is 5.15. The average molecular weight is 182 g/mol. The topological polar surface area (TPSA) is 26.3 Å². The average Bonchev–Trinajstić information content (AvgIpc) is 2.05. The molecule has 13 heavy (non-hydrogen) atoms. The molecule has 0 aromatic rings. The Hall–Kier alpha value is -0.370. The summed E-state index contributed by atoms with van der Waals surface area (Å²) in [6.45, 7) is 7.97. The van der Waals surface area contributed by atoms with Gasteiger partial charge in [-0.3, -0.25) is 4.79 Å². The normalized spacial score (nSPS) is 43.3. The summed E-state index contributed by atoms with van der Waals surface area (Å²) >= 11 is 0. The molecule has 2 aliphatic rings. The van der Waals surface area contributed by atoms with Crippen LogP contribution in [-0.2, 0) is 9.53 Å². The largest absolute Gasteiger partial charge is 0.380 e. The summed E-state index contributed by atoms with van der Waals surface area (Å²) < 4.78 is 5.47. The second-order valence-corrected chi connectivity index (χ2v) is 5.15. The number of hydrogen-bond acceptors (Lipinski definition) is 2. The van der Waals surface area contributed by atoms with E-state index in [9.17, 15) is 4.79 Å². The highest BCUT2D eigenvalue weighted by atomic mass is 16.5. The number of ether oxygens (including phenoxy) is 1. The van der Waals surface area contributed by atoms with Crippen molar-refractivity contribution in [2.45, 2.75) is 27.2 Å². The molecule has 1 aliphatic heterocycles. The van der Waals surface area contributed by atoms with Crippen molar-refractivity contribution in [3.63, 3.8) is 0 Å². The number of Topliss-reactive ketones (excluding diaryl/α,β-unsaturated/α-hetero) is 1. The first kappa shape index (κ1) is 9.20. The molecule has 0 aromatic heterocycles. The Kier molecular flexibility index (Phi) is 1.99. The lowest BCUT2D eigenvalue weighted by Gasteiger charge is -2.48. The van der Waals surface area contributed by atoms with E-state index < -0.39 is 0 Å². The fraction of sp³-hybridized carbons (Fsp3) is 0.909. The predicted octanol–water partition coefficient (Wildman–Crippen LogP) is 1.88. The molecule has 2 bridgehead atoms. The van der Waals surface area contributed by atoms with Gasteiger partial charge < -0.3 is 4.74 Å². The lowest BCUT2D eigenvalue weighted by molar-refractivity contribution is -0.155. The lowest BCUT2D eigenvalue weighted by atomic mass is 9.59. The molecule has 2 rings (SSSR count). The summed E-state index contributed by atoms with van der Waals surface area (Å²) in [6, 6.07) is 0. The number of hydrogen-bond donors (Lipinski definition) is 0. The van der Waals surface area contributed by atoms with Gasteiger partial charge in [0.25, 0.3) is 0 Å². The highest BCUT2D eigenvalue weighted by Crippen LogP contribution is 2.47. The molecule has 0 N–H and O–H groups in total. The van der Waals surface area contributed by atoms with Gasteiger partial charge in [0.15, 0.2) is 0 Å². The summed E-state index contributed by atoms with van der Waals surface area (Å²) in [5.74, 6) is 1.44. The molecule has 1 saturated carbocycles. The van der Waals surface area contributed by atoms with Crippen molar-refractivity contribution in [3.05, 3.63) is 0 Å². The zero-order valence-corrected chi connectivity index (χ0v) is 8.67. The van der Waals surface area contributed by atoms with Gasteiger partial charge in [-0.05, 0) is 17.8 Å². The molecule has 1 aliphatic carbocycles. The van der Waals surface area contributed by atoms with Crippen LogP contribution >= 0.6 is 0 Å². The van der Waals surface area contributed by atoms with E-state index in [4.69, 9.17) is 4.74 Å². The molecule has 2 nitrogen and oxygen atoms in total. The van der Waals surface area contributed by atoms with Gasteiger partial charge in [-0.15, -0.1) is 0 Å². The van der Waals surface area contributed by atoms with E-state index in [0.717, 1.165) is 6.42 Å². The molecule has 0 amide bonds. The number of fused-ring (bicyclic) bond motifs is 2. The van der Waals surface area contributed by atoms with Crippen molar-refractivity contribution >= 4 is 5.78 Å². The molecular weight excluding hydrogens is 164 g/mol. The van der Waals surface area contributed by atoms with Crippen LogP contribution in [-0.4, -0.2) is 19.0 Å². The highest BCUT2D eigenvalue weighted by molar-refractivity contribution is 5.85. The molecule has 2 heteroatoms. The lowest BCUT2D eigenvalue weighted by Crippen LogP contribution is -2.51. The van der Waals surface area contributed by atoms with Crippen LogP contribution in [0.5, 0.6) is 0 Å². The number of rotatable bonds is 0. The van der Waals surface area contributed by atoms with Gasteiger partial charge in [0.05, 0.1) is 13.2 Å². The van der Waals surface area contributed by atoms with Crippen molar-refractivity contribution in [3.8, 4) is 0 Å². The predicted molar refractivity (Wildman–Crippen MR) is 50.4 cm³/mol. The van der Waals surface area contributed by atoms with E-state index in [2.05, 4.69) is 20.8 Å². The molecule has 2 fully saturated rings. The van der Waals surface area contributed by atoms with Crippen molar-refractivity contribution in [1.82, 2.24) is 0 Å². The Labute approximate surface area is 79.7 Å². The molecule has 0 spiro atoms. The van der Waals surface area contributed by atoms with Crippen LogP contribution < -0.4 is 0 Å². The van der Waals surface area contributed by atoms with Gasteiger partial charge in [-0.25, -0.2) is 0 Å². The van der Waals surface area contributed by atoms with Gasteiger partial charge in [-0.2, -0.15) is 0 Å². The van der Waals surface area contributed by atoms with Crippen molar-refractivity contribution in [1.29, 1.82) is 0 Å². The second-order valence-electron chi connectivity index (χ2n) is 5.15. The quantitative estimate of drug-likeness (QED) is 0.572. The van der Waals surface area contributed by atoms with Crippen molar-refractivity contribution in [2.75, 3.05) is 13.2 Å². The first-order valence-electron chi connectivity index (χ1n) is 5.15. The van der Waals surface area contributed by atoms with Crippen LogP contribution in [0, 0.1) is 23.2 Å². The van der Waals surface area contributed by atoms with E-state index in [0.29, 0.717) is 24.9 Å². The number of carbonyl (C=O) groups is 1. The third kappa shape index (κ3) is 1.23. The molecular formula is C11H18O2. The van der Waals surface area contributed by atoms with E-state index in [1.165, 1.54) is 0 Å². The molecule has 0 radical (unpaired) electrons. The zero-order chi connectivity index (χ0) is 9.64. The maximum Gasteiger partial charge on any atom is 0.144 e. The summed E-state index contributed by atoms with van der Waals surface area (Å²) in [4.78, 5) is 11.9. The number of carbonyl (C=O) groups excluding carboxylic acids is 1. The van der Waals surface area contributed by atoms with Crippen LogP contribution in [0.25, 0.3) is 0 Å². The van der Waals surface area contributed by atoms with Gasteiger partial charge >= 0.3 is 0 Å². The van der Waals surface area contributed by atoms with Crippen LogP contribution in [0.2, 0.25) is 0 Å². The van der Waals surface area contributed by atoms with Gasteiger partial charge in [0, 0.05) is 11.8 Å². The zero-order valence-electron chi connectivity index (χ0n) is 8.67. The summed E-state index contributed by atoms with van der Waals surface area (Å²) in [5.41, 5.74) is 0.133. The second kappa shape index (κ2) is 2.81. The Morgan fingerprint density at radius 3 is 2.77 bits per heavy atom. The third-order valence-electron chi connectivity index (χ3n) is 4.16. The van der Waals surface area contributed by atoms with E-state index in [-0.39, 0.29) is 17.3 Å². The van der Waals surface area contributed by atoms with E-state index in [1.807, 2.05) is 0 Å². The third-order valence-corrected chi connectivity index (χ3v) is 4.16. The minimum Gasteiger partial charge on any atom is -0.380 e. The fourth-order valence-electron chi connectivity index (χ4n) is 2.62. The maximum absolute atomic E-state index is 11.9. The molecule has 3 unspecified atom stereocenters. The molecule has 1 saturated heterocycles. The van der Waals surface area contributed by atoms with Crippen molar-refractivity contribution < 1.29 is 9.53 Å². The number of ketones is 1. The minimum absolute atomic E-state index is 0.133. The van der Waals surface area contributed by atoms with E-state index in [1.54, 1.807) is 0 Å². The smallest absolute Gasteiger partial charge is 0.144 e. The van der Waals surface area contributed by atoms with Gasteiger partial charge in [-0.1, -0.05) is 20.8 Å². The van der Waals surface area contributed by atoms with E-state index >= 15 is 0 Å². The Balaban J connectivity index is 2.29. The van der Waals surface area contributed by atoms with Crippen LogP contribution in [0.15, 0.2) is 0 Å². The molecule has 1 heterocycles. The fourth-order valence-corrected chi connectivity index (χ4v) is 2.62. The molecule has 0 aromatic carbocycles. The summed E-state index contributed by atoms with van der Waals surface area (Å²) in [6.07, 6.45) is 1.02. The van der Waals surface area contributed by atoms with Gasteiger partial charge in [0.2, 0.25) is 0 Å². The van der Waals surface area contributed by atoms with Crippen LogP contribution in [0.1, 0.15) is 27.2 Å². The molecule has 3 atom stereocenters. The summed E-state index contributed by atoms with van der Waals surface area (Å²) in [7, 11) is 0. The minimum atomic E-state index is 0.133. The molecule has 74 valence electrons. The highest BCUT2D eigenvalue weighted by Gasteiger charge is 2.49.